The maximum absolute atomic E-state index is 6.55. The summed E-state index contributed by atoms with van der Waals surface area (Å²) >= 11 is 0. The minimum Gasteiger partial charge on any atom is -0.375 e. The monoisotopic (exact) mass is 628 g/mol. The Balaban J connectivity index is 1.40. The fourth-order valence-corrected chi connectivity index (χ4v) is 8.25. The number of nitrogens with zero attached hydrogens (tertiary/aromatic N) is 6. The van der Waals surface area contributed by atoms with E-state index in [1.54, 1.807) is 0 Å². The zero-order valence-electron chi connectivity index (χ0n) is 25.6. The van der Waals surface area contributed by atoms with Gasteiger partial charge in [0.25, 0.3) is 0 Å². The number of rotatable bonds is 1. The van der Waals surface area contributed by atoms with Gasteiger partial charge in [-0.1, -0.05) is 91.0 Å². The second-order valence-electron chi connectivity index (χ2n) is 12.5. The summed E-state index contributed by atoms with van der Waals surface area (Å²) < 4.78 is 6.55. The molecule has 0 amide bonds. The van der Waals surface area contributed by atoms with Gasteiger partial charge in [-0.2, -0.15) is 0 Å². The Kier molecular flexibility index (Phi) is 5.64. The smallest absolute Gasteiger partial charge is 0.164 e. The molecule has 8 bridgehead atoms. The van der Waals surface area contributed by atoms with E-state index < -0.39 is 0 Å². The lowest BCUT2D eigenvalue weighted by Crippen LogP contribution is -2.34. The standard InChI is InChI=1S/C37H28N8OSi/c47-37(18-7-8-19-46-37)27-17-9-16-26-28(27)36-44-34-25-15-6-5-14-24(25)32(42-34)40-30-21-11-2-1-10-20(21)29(38-30)39-31-22-12-3-4-13-23(22)33(41-31)43-35(26)45-36/h1-6,9-17H,7-8,18-19H2,47H3,(H2,38,39,40,41,42,43,44,45). The summed E-state index contributed by atoms with van der Waals surface area (Å²) in [6.07, 6.45) is 3.21. The van der Waals surface area contributed by atoms with Crippen LogP contribution in [0.2, 0.25) is 0 Å². The van der Waals surface area contributed by atoms with Gasteiger partial charge >= 0.3 is 0 Å². The first-order valence-electron chi connectivity index (χ1n) is 16.0. The Morgan fingerprint density at radius 1 is 0.511 bits per heavy atom. The molecular weight excluding hydrogens is 601 g/mol. The topological polar surface area (TPSA) is 118 Å². The molecule has 3 aromatic heterocycles. The molecule has 1 saturated heterocycles. The number of aromatic nitrogens is 8. The van der Waals surface area contributed by atoms with Crippen molar-refractivity contribution >= 4 is 54.4 Å². The van der Waals surface area contributed by atoms with Crippen molar-refractivity contribution in [2.45, 2.75) is 24.5 Å². The molecular formula is C37H28N8OSi. The molecule has 10 rings (SSSR count). The molecule has 4 aromatic carbocycles. The number of aromatic amines is 2. The zero-order chi connectivity index (χ0) is 31.1. The predicted molar refractivity (Wildman–Crippen MR) is 187 cm³/mol. The van der Waals surface area contributed by atoms with Gasteiger partial charge in [0.2, 0.25) is 0 Å². The Labute approximate surface area is 271 Å². The first-order valence-corrected chi connectivity index (χ1v) is 17.0. The van der Waals surface area contributed by atoms with Gasteiger partial charge in [-0.25, -0.2) is 29.9 Å². The third-order valence-electron chi connectivity index (χ3n) is 9.62. The van der Waals surface area contributed by atoms with Crippen molar-refractivity contribution in [1.82, 2.24) is 39.9 Å². The van der Waals surface area contributed by atoms with E-state index in [0.717, 1.165) is 85.5 Å². The van der Waals surface area contributed by atoms with Crippen LogP contribution in [-0.2, 0) is 9.96 Å². The van der Waals surface area contributed by atoms with Gasteiger partial charge in [0.1, 0.15) is 22.6 Å². The van der Waals surface area contributed by atoms with E-state index in [-0.39, 0.29) is 5.22 Å². The average Bonchev–Trinajstić information content (AvgIpc) is 3.84. The van der Waals surface area contributed by atoms with Crippen LogP contribution < -0.4 is 0 Å². The van der Waals surface area contributed by atoms with Crippen LogP contribution in [0, 0.1) is 0 Å². The van der Waals surface area contributed by atoms with Gasteiger partial charge < -0.3 is 14.7 Å². The van der Waals surface area contributed by atoms with Crippen LogP contribution in [0.15, 0.2) is 91.0 Å². The highest BCUT2D eigenvalue weighted by molar-refractivity contribution is 6.18. The highest BCUT2D eigenvalue weighted by Crippen LogP contribution is 2.41. The third kappa shape index (κ3) is 4.05. The molecule has 6 heterocycles. The minimum atomic E-state index is -0.314. The second-order valence-corrected chi connectivity index (χ2v) is 14.1. The highest BCUT2D eigenvalue weighted by atomic mass is 28.1. The maximum Gasteiger partial charge on any atom is 0.164 e. The Morgan fingerprint density at radius 3 is 1.51 bits per heavy atom. The minimum absolute atomic E-state index is 0.314. The van der Waals surface area contributed by atoms with E-state index in [0.29, 0.717) is 45.9 Å². The number of hydrogen-bond acceptors (Lipinski definition) is 7. The molecule has 1 atom stereocenters. The molecule has 3 aliphatic heterocycles. The molecule has 226 valence electrons. The fraction of sp³-hybridized carbons (Fsp3) is 0.135. The molecule has 47 heavy (non-hydrogen) atoms. The second kappa shape index (κ2) is 9.96. The van der Waals surface area contributed by atoms with Crippen LogP contribution >= 0.6 is 0 Å². The van der Waals surface area contributed by atoms with E-state index in [9.17, 15) is 0 Å². The first kappa shape index (κ1) is 26.6. The molecule has 1 unspecified atom stereocenters. The normalized spacial score (nSPS) is 17.2. The number of H-pyrrole nitrogens is 2. The quantitative estimate of drug-likeness (QED) is 0.197. The molecule has 3 aliphatic rings. The summed E-state index contributed by atoms with van der Waals surface area (Å²) in [6, 6.07) is 30.8. The van der Waals surface area contributed by atoms with Crippen LogP contribution in [0.25, 0.3) is 89.7 Å². The van der Waals surface area contributed by atoms with Crippen molar-refractivity contribution in [3.63, 3.8) is 0 Å². The number of benzene rings is 4. The van der Waals surface area contributed by atoms with Gasteiger partial charge in [-0.3, -0.25) is 0 Å². The molecule has 7 aromatic rings. The van der Waals surface area contributed by atoms with Crippen LogP contribution in [0.5, 0.6) is 0 Å². The van der Waals surface area contributed by atoms with Crippen molar-refractivity contribution in [2.24, 2.45) is 0 Å². The van der Waals surface area contributed by atoms with E-state index >= 15 is 0 Å². The van der Waals surface area contributed by atoms with Gasteiger partial charge in [-0.05, 0) is 24.8 Å². The van der Waals surface area contributed by atoms with Crippen molar-refractivity contribution in [3.8, 4) is 45.6 Å². The van der Waals surface area contributed by atoms with E-state index in [2.05, 4.69) is 46.4 Å². The Morgan fingerprint density at radius 2 is 0.979 bits per heavy atom. The van der Waals surface area contributed by atoms with Gasteiger partial charge in [0.15, 0.2) is 23.3 Å². The van der Waals surface area contributed by atoms with E-state index in [1.165, 1.54) is 0 Å². The van der Waals surface area contributed by atoms with Crippen molar-refractivity contribution in [2.75, 3.05) is 6.61 Å². The SMILES string of the molecule is [SiH3]C1(c2cccc3c4nc5nc(nc6[nH]c(nc7nc(nc([nH]4)c23)-c2ccccc2-7)c2ccccc62)-c2ccccc2-5)CCCCO1. The highest BCUT2D eigenvalue weighted by Gasteiger charge is 2.33. The number of nitrogens with one attached hydrogen (secondary N) is 2. The van der Waals surface area contributed by atoms with Crippen molar-refractivity contribution in [1.29, 1.82) is 0 Å². The molecule has 0 spiro atoms. The first-order chi connectivity index (χ1) is 23.1. The van der Waals surface area contributed by atoms with Gasteiger partial charge in [0, 0.05) is 60.6 Å². The molecule has 2 N–H and O–H groups in total. The maximum atomic E-state index is 6.55. The van der Waals surface area contributed by atoms with Gasteiger partial charge in [-0.15, -0.1) is 0 Å². The number of ether oxygens (including phenoxy) is 1. The summed E-state index contributed by atoms with van der Waals surface area (Å²) in [5.74, 6) is 2.39. The van der Waals surface area contributed by atoms with Crippen molar-refractivity contribution < 1.29 is 4.74 Å². The number of hydrogen-bond donors (Lipinski definition) is 2. The molecule has 1 fully saturated rings. The third-order valence-corrected chi connectivity index (χ3v) is 10.9. The lowest BCUT2D eigenvalue weighted by molar-refractivity contribution is -0.0200. The van der Waals surface area contributed by atoms with Crippen LogP contribution in [0.4, 0.5) is 0 Å². The molecule has 10 heteroatoms. The molecule has 9 nitrogen and oxygen atoms in total. The van der Waals surface area contributed by atoms with Crippen LogP contribution in [-0.4, -0.2) is 56.7 Å². The molecule has 0 radical (unpaired) electrons. The van der Waals surface area contributed by atoms with Gasteiger partial charge in [0.05, 0.1) is 5.22 Å². The summed E-state index contributed by atoms with van der Waals surface area (Å²) in [6.45, 7) is 0.763. The largest absolute Gasteiger partial charge is 0.375 e. The lowest BCUT2D eigenvalue weighted by Gasteiger charge is -2.35. The molecule has 0 saturated carbocycles. The predicted octanol–water partition coefficient (Wildman–Crippen LogP) is 6.59. The summed E-state index contributed by atoms with van der Waals surface area (Å²) in [7, 11) is 0.848. The van der Waals surface area contributed by atoms with E-state index in [4.69, 9.17) is 34.6 Å². The van der Waals surface area contributed by atoms with Crippen molar-refractivity contribution in [3.05, 3.63) is 96.6 Å². The van der Waals surface area contributed by atoms with Crippen LogP contribution in [0.1, 0.15) is 24.8 Å². The summed E-state index contributed by atoms with van der Waals surface area (Å²) in [5.41, 5.74) is 7.62. The summed E-state index contributed by atoms with van der Waals surface area (Å²) in [4.78, 5) is 37.8. The Hall–Kier alpha value is -5.58. The Bertz CT molecular complexity index is 2600. The molecule has 0 aliphatic carbocycles. The fourth-order valence-electron chi connectivity index (χ4n) is 7.28. The van der Waals surface area contributed by atoms with Crippen LogP contribution in [0.3, 0.4) is 0 Å². The van der Waals surface area contributed by atoms with E-state index in [1.807, 2.05) is 54.6 Å². The summed E-state index contributed by atoms with van der Waals surface area (Å²) in [5, 5.41) is 3.58. The lowest BCUT2D eigenvalue weighted by atomic mass is 9.96. The average molecular weight is 629 g/mol. The zero-order valence-corrected chi connectivity index (χ0v) is 27.6. The number of fused-ring (bicyclic) bond motifs is 20.